The van der Waals surface area contributed by atoms with Crippen LogP contribution in [0.1, 0.15) is 82.6 Å². The molecule has 2 aliphatic carbocycles. The van der Waals surface area contributed by atoms with Crippen LogP contribution < -0.4 is 4.90 Å². The van der Waals surface area contributed by atoms with E-state index in [1.54, 1.807) is 0 Å². The van der Waals surface area contributed by atoms with Gasteiger partial charge in [0.2, 0.25) is 0 Å². The van der Waals surface area contributed by atoms with Crippen molar-refractivity contribution >= 4 is 33.3 Å². The fourth-order valence-corrected chi connectivity index (χ4v) is 7.00. The number of furan rings is 1. The summed E-state index contributed by atoms with van der Waals surface area (Å²) in [6, 6.07) is 23.7. The molecule has 1 atom stereocenters. The van der Waals surface area contributed by atoms with Gasteiger partial charge in [-0.05, 0) is 98.1 Å². The predicted molar refractivity (Wildman–Crippen MR) is 170 cm³/mol. The normalized spacial score (nSPS) is 18.4. The first-order valence-electron chi connectivity index (χ1n) is 15.4. The van der Waals surface area contributed by atoms with Crippen molar-refractivity contribution in [2.75, 3.05) is 4.90 Å². The number of anilines is 2. The van der Waals surface area contributed by atoms with E-state index >= 15 is 0 Å². The van der Waals surface area contributed by atoms with Crippen LogP contribution in [-0.2, 0) is 0 Å². The first-order chi connectivity index (χ1) is 19.7. The van der Waals surface area contributed by atoms with Crippen molar-refractivity contribution in [1.82, 2.24) is 0 Å². The zero-order valence-corrected chi connectivity index (χ0v) is 23.8. The second kappa shape index (κ2) is 12.2. The first kappa shape index (κ1) is 26.5. The molecule has 2 saturated carbocycles. The number of benzene rings is 3. The third-order valence-electron chi connectivity index (χ3n) is 9.22. The Morgan fingerprint density at radius 2 is 1.50 bits per heavy atom. The van der Waals surface area contributed by atoms with Gasteiger partial charge in [0.05, 0.1) is 0 Å². The van der Waals surface area contributed by atoms with Crippen LogP contribution in [0.3, 0.4) is 0 Å². The molecule has 0 N–H and O–H groups in total. The van der Waals surface area contributed by atoms with Gasteiger partial charge in [0.1, 0.15) is 17.2 Å². The van der Waals surface area contributed by atoms with Crippen LogP contribution >= 0.6 is 0 Å². The summed E-state index contributed by atoms with van der Waals surface area (Å²) in [5.41, 5.74) is 6.90. The number of terminal acetylenes is 1. The molecule has 2 nitrogen and oxygen atoms in total. The Morgan fingerprint density at radius 1 is 0.825 bits per heavy atom. The lowest BCUT2D eigenvalue weighted by Crippen LogP contribution is -2.28. The number of nitrogens with zero attached hydrogens (tertiary/aromatic N) is 1. The van der Waals surface area contributed by atoms with Gasteiger partial charge in [-0.15, -0.1) is 6.42 Å². The highest BCUT2D eigenvalue weighted by Gasteiger charge is 2.22. The topological polar surface area (TPSA) is 16.4 Å². The predicted octanol–water partition coefficient (Wildman–Crippen LogP) is 10.9. The van der Waals surface area contributed by atoms with Crippen molar-refractivity contribution in [3.63, 3.8) is 0 Å². The summed E-state index contributed by atoms with van der Waals surface area (Å²) in [6.45, 7) is 2.17. The number of rotatable bonds is 7. The van der Waals surface area contributed by atoms with Gasteiger partial charge >= 0.3 is 0 Å². The maximum absolute atomic E-state index is 6.30. The van der Waals surface area contributed by atoms with Crippen LogP contribution in [0.25, 0.3) is 21.9 Å². The molecule has 1 heterocycles. The molecule has 6 rings (SSSR count). The zero-order chi connectivity index (χ0) is 27.3. The zero-order valence-electron chi connectivity index (χ0n) is 23.8. The minimum atomic E-state index is -0.213. The first-order valence-corrected chi connectivity index (χ1v) is 15.4. The summed E-state index contributed by atoms with van der Waals surface area (Å²) >= 11 is 0. The molecule has 0 radical (unpaired) electrons. The summed E-state index contributed by atoms with van der Waals surface area (Å²) < 4.78 is 6.14. The molecule has 1 unspecified atom stereocenters. The Bertz CT molecular complexity index is 1530. The highest BCUT2D eigenvalue weighted by Crippen LogP contribution is 2.38. The molecule has 0 amide bonds. The van der Waals surface area contributed by atoms with Gasteiger partial charge in [-0.3, -0.25) is 0 Å². The van der Waals surface area contributed by atoms with Gasteiger partial charge in [-0.2, -0.15) is 0 Å². The number of hydrogen-bond donors (Lipinski definition) is 0. The van der Waals surface area contributed by atoms with Crippen LogP contribution in [0.2, 0.25) is 0 Å². The highest BCUT2D eigenvalue weighted by molar-refractivity contribution is 6.06. The molecule has 40 heavy (non-hydrogen) atoms. The van der Waals surface area contributed by atoms with E-state index in [1.165, 1.54) is 75.3 Å². The maximum Gasteiger partial charge on any atom is 0.135 e. The van der Waals surface area contributed by atoms with E-state index in [4.69, 9.17) is 10.8 Å². The molecule has 0 aliphatic heterocycles. The molecule has 204 valence electrons. The lowest BCUT2D eigenvalue weighted by molar-refractivity contribution is 0.408. The third kappa shape index (κ3) is 5.48. The van der Waals surface area contributed by atoms with E-state index in [9.17, 15) is 0 Å². The van der Waals surface area contributed by atoms with Crippen LogP contribution in [0.15, 0.2) is 94.9 Å². The van der Waals surface area contributed by atoms with E-state index < -0.39 is 0 Å². The van der Waals surface area contributed by atoms with Gasteiger partial charge in [0.25, 0.3) is 0 Å². The van der Waals surface area contributed by atoms with Gasteiger partial charge in [0, 0.05) is 22.1 Å². The van der Waals surface area contributed by atoms with Crippen molar-refractivity contribution in [2.45, 2.75) is 83.1 Å². The van der Waals surface area contributed by atoms with Crippen LogP contribution in [0.5, 0.6) is 0 Å². The Hall–Kier alpha value is -3.70. The Labute approximate surface area is 239 Å². The van der Waals surface area contributed by atoms with Gasteiger partial charge < -0.3 is 9.32 Å². The molecule has 2 aliphatic rings. The van der Waals surface area contributed by atoms with E-state index in [2.05, 4.69) is 90.6 Å². The molecule has 3 aromatic carbocycles. The molecule has 0 bridgehead atoms. The third-order valence-corrected chi connectivity index (χ3v) is 9.22. The summed E-state index contributed by atoms with van der Waals surface area (Å²) in [7, 11) is 0. The van der Waals surface area contributed by atoms with Crippen molar-refractivity contribution < 1.29 is 4.42 Å². The smallest absolute Gasteiger partial charge is 0.135 e. The Kier molecular flexibility index (Phi) is 8.10. The number of allylic oxidation sites excluding steroid dienone is 3. The van der Waals surface area contributed by atoms with E-state index in [0.717, 1.165) is 33.3 Å². The minimum absolute atomic E-state index is 0.213. The molecular formula is C38H41NO. The second-order valence-electron chi connectivity index (χ2n) is 11.7. The molecule has 0 saturated heterocycles. The average molecular weight is 528 g/mol. The van der Waals surface area contributed by atoms with Crippen LogP contribution in [-0.4, -0.2) is 6.04 Å². The van der Waals surface area contributed by atoms with Crippen molar-refractivity contribution in [3.05, 3.63) is 96.1 Å². The number of para-hydroxylation sites is 1. The molecule has 2 fully saturated rings. The quantitative estimate of drug-likeness (QED) is 0.175. The Morgan fingerprint density at radius 3 is 2.23 bits per heavy atom. The average Bonchev–Trinajstić information content (AvgIpc) is 3.40. The van der Waals surface area contributed by atoms with Gasteiger partial charge in [-0.25, -0.2) is 0 Å². The van der Waals surface area contributed by atoms with Crippen molar-refractivity contribution in [1.29, 1.82) is 0 Å². The summed E-state index contributed by atoms with van der Waals surface area (Å²) in [4.78, 5) is 2.32. The van der Waals surface area contributed by atoms with Crippen LogP contribution in [0.4, 0.5) is 11.4 Å². The molecular weight excluding hydrogens is 486 g/mol. The maximum atomic E-state index is 6.30. The fraction of sp³-hybridized carbons (Fsp3) is 0.368. The lowest BCUT2D eigenvalue weighted by Gasteiger charge is -2.30. The van der Waals surface area contributed by atoms with E-state index in [0.29, 0.717) is 11.8 Å². The molecule has 2 heteroatoms. The minimum Gasteiger partial charge on any atom is -0.456 e. The SMILES string of the molecule is C#CC(/C=C\C(=C/C)C1CCCCC1)N(c1ccc(C2CCCCC2)cc1)c1ccc2oc3ccccc3c2c1. The highest BCUT2D eigenvalue weighted by atomic mass is 16.3. The summed E-state index contributed by atoms with van der Waals surface area (Å²) in [5.74, 6) is 4.45. The van der Waals surface area contributed by atoms with E-state index in [-0.39, 0.29) is 6.04 Å². The van der Waals surface area contributed by atoms with Crippen LogP contribution in [0, 0.1) is 18.3 Å². The largest absolute Gasteiger partial charge is 0.456 e. The summed E-state index contributed by atoms with van der Waals surface area (Å²) in [6.07, 6.45) is 26.4. The van der Waals surface area contributed by atoms with Gasteiger partial charge in [0.15, 0.2) is 0 Å². The lowest BCUT2D eigenvalue weighted by atomic mass is 9.83. The standard InChI is InChI=1S/C38H41NO/c1-3-28(29-13-7-5-8-14-29)19-22-32(4-2)39(33-23-20-31(21-24-33)30-15-9-6-10-16-30)34-25-26-38-36(27-34)35-17-11-12-18-37(35)40-38/h2-3,11-12,17-27,29-30,32H,5-10,13-16H2,1H3/b22-19-,28-3+. The molecule has 0 spiro atoms. The van der Waals surface area contributed by atoms with Crippen molar-refractivity contribution in [2.24, 2.45) is 5.92 Å². The number of hydrogen-bond acceptors (Lipinski definition) is 2. The monoisotopic (exact) mass is 527 g/mol. The molecule has 4 aromatic rings. The number of fused-ring (bicyclic) bond motifs is 3. The van der Waals surface area contributed by atoms with Gasteiger partial charge in [-0.1, -0.05) is 86.9 Å². The summed E-state index contributed by atoms with van der Waals surface area (Å²) in [5, 5.41) is 2.25. The second-order valence-corrected chi connectivity index (χ2v) is 11.7. The van der Waals surface area contributed by atoms with E-state index in [1.807, 2.05) is 12.1 Å². The fourth-order valence-electron chi connectivity index (χ4n) is 7.00. The van der Waals surface area contributed by atoms with Crippen molar-refractivity contribution in [3.8, 4) is 12.3 Å². The molecule has 1 aromatic heterocycles. The Balaban J connectivity index is 1.39.